The van der Waals surface area contributed by atoms with Crippen molar-refractivity contribution in [3.8, 4) is 22.5 Å². The second kappa shape index (κ2) is 14.2. The van der Waals surface area contributed by atoms with Crippen LogP contribution in [-0.2, 0) is 6.54 Å². The van der Waals surface area contributed by atoms with Crippen LogP contribution in [0.15, 0.2) is 95.9 Å². The third-order valence-electron chi connectivity index (χ3n) is 10.3. The minimum Gasteiger partial charge on any atom is -0.456 e. The average molecular weight is 643 g/mol. The van der Waals surface area contributed by atoms with Crippen LogP contribution in [0.5, 0.6) is 0 Å². The number of nitrogens with zero attached hydrogens (tertiary/aromatic N) is 4. The molecule has 0 aromatic heterocycles. The number of rotatable bonds is 10. The van der Waals surface area contributed by atoms with Crippen molar-refractivity contribution in [1.29, 1.82) is 0 Å². The second-order valence-corrected chi connectivity index (χ2v) is 13.2. The fraction of sp³-hybridized carbons (Fsp3) is 0.333. The van der Waals surface area contributed by atoms with Gasteiger partial charge in [0.05, 0.1) is 39.3 Å². The lowest BCUT2D eigenvalue weighted by Gasteiger charge is -2.42. The van der Waals surface area contributed by atoms with Crippen LogP contribution in [0.4, 0.5) is 5.69 Å². The quantitative estimate of drug-likeness (QED) is 0.0895. The molecule has 0 N–H and O–H groups in total. The van der Waals surface area contributed by atoms with Gasteiger partial charge in [0.25, 0.3) is 5.91 Å². The molecule has 0 spiro atoms. The number of piperazine rings is 1. The summed E-state index contributed by atoms with van der Waals surface area (Å²) in [6.07, 6.45) is 1.88. The van der Waals surface area contributed by atoms with Gasteiger partial charge in [-0.25, -0.2) is 4.58 Å². The summed E-state index contributed by atoms with van der Waals surface area (Å²) in [5, 5.41) is 2.15. The zero-order chi connectivity index (χ0) is 33.8. The monoisotopic (exact) mass is 642 g/mol. The summed E-state index contributed by atoms with van der Waals surface area (Å²) in [6.45, 7) is 20.5. The molecule has 1 saturated heterocycles. The number of anilines is 1. The molecule has 0 atom stereocenters. The van der Waals surface area contributed by atoms with E-state index in [2.05, 4.69) is 118 Å². The van der Waals surface area contributed by atoms with Crippen LogP contribution in [0.25, 0.3) is 39.5 Å². The Bertz CT molecular complexity index is 1950. The van der Waals surface area contributed by atoms with Crippen molar-refractivity contribution in [2.75, 3.05) is 64.3 Å². The van der Waals surface area contributed by atoms with Crippen LogP contribution in [0.1, 0.15) is 49.2 Å². The van der Waals surface area contributed by atoms with Gasteiger partial charge in [-0.2, -0.15) is 0 Å². The number of hydrogen-bond donors (Lipinski definition) is 0. The Morgan fingerprint density at radius 1 is 0.896 bits per heavy atom. The first kappa shape index (κ1) is 33.2. The van der Waals surface area contributed by atoms with Gasteiger partial charge in [0.15, 0.2) is 0 Å². The topological polar surface area (TPSA) is 39.7 Å². The van der Waals surface area contributed by atoms with Gasteiger partial charge in [-0.05, 0) is 63.1 Å². The normalized spacial score (nSPS) is 14.3. The summed E-state index contributed by atoms with van der Waals surface area (Å²) in [5.41, 5.74) is 8.16. The maximum absolute atomic E-state index is 14.4. The first-order chi connectivity index (χ1) is 23.3. The smallest absolute Gasteiger partial charge is 0.254 e. The largest absolute Gasteiger partial charge is 0.456 e. The molecule has 0 saturated carbocycles. The van der Waals surface area contributed by atoms with Crippen LogP contribution in [0, 0.1) is 0 Å². The van der Waals surface area contributed by atoms with Gasteiger partial charge in [-0.3, -0.25) is 4.79 Å². The number of likely N-dealkylation sites (N-methyl/N-ethyl adjacent to an activating group) is 1. The molecule has 1 aliphatic carbocycles. The molecule has 3 aromatic rings. The zero-order valence-corrected chi connectivity index (χ0v) is 29.3. The summed E-state index contributed by atoms with van der Waals surface area (Å²) in [6, 6.07) is 29.8. The lowest BCUT2D eigenvalue weighted by Crippen LogP contribution is -2.57. The first-order valence-electron chi connectivity index (χ1n) is 17.6. The SMILES string of the molecule is C=Cc1ccc(C[N+]2(C)CCN(C(=O)c3ccccc3-c3c4ccc(=[N+](CC)CC)cc-4oc4cc(N(CC)CC)ccc34)CC2)cc1. The van der Waals surface area contributed by atoms with Gasteiger partial charge in [0.1, 0.15) is 31.0 Å². The molecular formula is C42H50N4O2+2. The molecule has 3 aromatic carbocycles. The first-order valence-corrected chi connectivity index (χ1v) is 17.6. The molecule has 1 fully saturated rings. The van der Waals surface area contributed by atoms with Crippen LogP contribution < -0.4 is 14.8 Å². The van der Waals surface area contributed by atoms with Crippen LogP contribution in [0.2, 0.25) is 0 Å². The Kier molecular flexibility index (Phi) is 9.83. The van der Waals surface area contributed by atoms with Gasteiger partial charge >= 0.3 is 0 Å². The number of fused-ring (bicyclic) bond motifs is 2. The van der Waals surface area contributed by atoms with Crippen LogP contribution in [0.3, 0.4) is 0 Å². The van der Waals surface area contributed by atoms with E-state index in [0.717, 1.165) is 119 Å². The fourth-order valence-electron chi connectivity index (χ4n) is 7.30. The highest BCUT2D eigenvalue weighted by Gasteiger charge is 2.33. The maximum Gasteiger partial charge on any atom is 0.254 e. The summed E-state index contributed by atoms with van der Waals surface area (Å²) in [4.78, 5) is 18.8. The summed E-state index contributed by atoms with van der Waals surface area (Å²) in [5.74, 6) is 0.918. The predicted octanol–water partition coefficient (Wildman–Crippen LogP) is 7.61. The Labute approximate surface area is 285 Å². The predicted molar refractivity (Wildman–Crippen MR) is 200 cm³/mol. The van der Waals surface area contributed by atoms with Gasteiger partial charge in [-0.15, -0.1) is 0 Å². The summed E-state index contributed by atoms with van der Waals surface area (Å²) < 4.78 is 9.96. The Hall–Kier alpha value is -4.68. The van der Waals surface area contributed by atoms with Gasteiger partial charge in [0.2, 0.25) is 5.36 Å². The van der Waals surface area contributed by atoms with E-state index in [-0.39, 0.29) is 5.91 Å². The molecule has 6 nitrogen and oxygen atoms in total. The van der Waals surface area contributed by atoms with Gasteiger partial charge < -0.3 is 18.7 Å². The van der Waals surface area contributed by atoms with Crippen molar-refractivity contribution in [2.24, 2.45) is 0 Å². The Morgan fingerprint density at radius 2 is 1.60 bits per heavy atom. The zero-order valence-electron chi connectivity index (χ0n) is 29.3. The van der Waals surface area contributed by atoms with E-state index in [0.29, 0.717) is 0 Å². The highest BCUT2D eigenvalue weighted by atomic mass is 16.3. The lowest BCUT2D eigenvalue weighted by atomic mass is 9.90. The van der Waals surface area contributed by atoms with E-state index in [1.54, 1.807) is 0 Å². The molecule has 2 aliphatic heterocycles. The molecule has 6 rings (SSSR count). The third-order valence-corrected chi connectivity index (χ3v) is 10.3. The van der Waals surface area contributed by atoms with Crippen molar-refractivity contribution in [3.05, 3.63) is 114 Å². The molecular weight excluding hydrogens is 592 g/mol. The minimum atomic E-state index is 0.0915. The molecule has 48 heavy (non-hydrogen) atoms. The van der Waals surface area contributed by atoms with Crippen molar-refractivity contribution in [2.45, 2.75) is 34.2 Å². The highest BCUT2D eigenvalue weighted by Crippen LogP contribution is 2.42. The number of carbonyl (C=O) groups excluding carboxylic acids is 1. The molecule has 0 radical (unpaired) electrons. The van der Waals surface area contributed by atoms with Crippen molar-refractivity contribution >= 4 is 28.6 Å². The van der Waals surface area contributed by atoms with E-state index in [1.165, 1.54) is 5.56 Å². The van der Waals surface area contributed by atoms with E-state index in [4.69, 9.17) is 4.42 Å². The third kappa shape index (κ3) is 6.54. The van der Waals surface area contributed by atoms with Crippen molar-refractivity contribution < 1.29 is 13.7 Å². The van der Waals surface area contributed by atoms with Gasteiger partial charge in [0, 0.05) is 58.5 Å². The number of hydrogen-bond acceptors (Lipinski definition) is 3. The number of benzene rings is 4. The molecule has 2 heterocycles. The molecule has 3 aliphatic rings. The molecule has 1 amide bonds. The van der Waals surface area contributed by atoms with Crippen LogP contribution in [-0.4, -0.2) is 74.7 Å². The highest BCUT2D eigenvalue weighted by molar-refractivity contribution is 6.09. The van der Waals surface area contributed by atoms with Crippen LogP contribution >= 0.6 is 0 Å². The van der Waals surface area contributed by atoms with Crippen molar-refractivity contribution in [1.82, 2.24) is 9.48 Å². The fourth-order valence-corrected chi connectivity index (χ4v) is 7.30. The van der Waals surface area contributed by atoms with E-state index in [9.17, 15) is 4.79 Å². The molecule has 248 valence electrons. The standard InChI is InChI=1S/C42H50N4O2/c1-7-31-16-18-32(19-17-31)30-46(6)26-24-45(25-27-46)42(47)36-15-13-12-14-35(36)41-37-22-20-33(43(8-2)9-3)28-39(37)48-40-29-34(21-23-38(40)41)44(10-4)11-5/h7,12-23,28-29H,1,8-11,24-27,30H2,2-6H3/q+2. The lowest BCUT2D eigenvalue weighted by molar-refractivity contribution is -0.926. The second-order valence-electron chi connectivity index (χ2n) is 13.2. The molecule has 0 unspecified atom stereocenters. The Morgan fingerprint density at radius 3 is 2.27 bits per heavy atom. The number of amides is 1. The minimum absolute atomic E-state index is 0.0915. The van der Waals surface area contributed by atoms with E-state index in [1.807, 2.05) is 29.2 Å². The average Bonchev–Trinajstić information content (AvgIpc) is 3.12. The number of carbonyl (C=O) groups is 1. The molecule has 6 heteroatoms. The summed E-state index contributed by atoms with van der Waals surface area (Å²) >= 11 is 0. The van der Waals surface area contributed by atoms with Crippen molar-refractivity contribution in [3.63, 3.8) is 0 Å². The van der Waals surface area contributed by atoms with E-state index < -0.39 is 0 Å². The van der Waals surface area contributed by atoms with Gasteiger partial charge in [-0.1, -0.05) is 55.1 Å². The van der Waals surface area contributed by atoms with E-state index >= 15 is 0 Å². The summed E-state index contributed by atoms with van der Waals surface area (Å²) in [7, 11) is 2.31. The maximum atomic E-state index is 14.4. The Balaban J connectivity index is 1.40. The number of quaternary nitrogens is 1. The molecule has 0 bridgehead atoms.